The van der Waals surface area contributed by atoms with E-state index in [9.17, 15) is 4.79 Å². The summed E-state index contributed by atoms with van der Waals surface area (Å²) in [5, 5.41) is 0. The van der Waals surface area contributed by atoms with E-state index in [0.717, 1.165) is 54.2 Å². The second-order valence-corrected chi connectivity index (χ2v) is 8.08. The molecule has 0 atom stereocenters. The maximum Gasteiger partial charge on any atom is 0.260 e. The van der Waals surface area contributed by atoms with Crippen LogP contribution in [0.25, 0.3) is 33.7 Å². The van der Waals surface area contributed by atoms with Crippen molar-refractivity contribution in [1.82, 2.24) is 19.9 Å². The number of rotatable bonds is 3. The molecule has 6 rings (SSSR count). The molecule has 2 aliphatic heterocycles. The number of H-pyrrole nitrogens is 2. The summed E-state index contributed by atoms with van der Waals surface area (Å²) >= 11 is 0. The first-order chi connectivity index (χ1) is 15.8. The molecule has 0 bridgehead atoms. The van der Waals surface area contributed by atoms with Crippen molar-refractivity contribution in [3.05, 3.63) is 83.4 Å². The summed E-state index contributed by atoms with van der Waals surface area (Å²) in [6.45, 7) is 2.85. The summed E-state index contributed by atoms with van der Waals surface area (Å²) in [7, 11) is 0. The fourth-order valence-electron chi connectivity index (χ4n) is 4.51. The molecule has 32 heavy (non-hydrogen) atoms. The Hall–Kier alpha value is -4.13. The molecule has 1 saturated heterocycles. The predicted molar refractivity (Wildman–Crippen MR) is 127 cm³/mol. The standard InChI is InChI=1S/C25H22N6O/c32-25-23(19-5-2-1-3-6-20(19)29-25)24-27-21-8-7-18(15-22(21)28-24)31-14-4-13-30(16-31)17-9-11-26-12-10-17/h1-3,5-12,15H,4,13-14,16H2,(H,27,28)(H,29,32). The number of hydrogen-bond donors (Lipinski definition) is 2. The van der Waals surface area contributed by atoms with E-state index in [1.807, 2.05) is 48.8 Å². The molecule has 0 saturated carbocycles. The van der Waals surface area contributed by atoms with Crippen LogP contribution in [-0.4, -0.2) is 39.7 Å². The van der Waals surface area contributed by atoms with Crippen LogP contribution in [0.1, 0.15) is 6.42 Å². The van der Waals surface area contributed by atoms with Crippen LogP contribution >= 0.6 is 0 Å². The average Bonchev–Trinajstić information content (AvgIpc) is 3.30. The summed E-state index contributed by atoms with van der Waals surface area (Å²) < 4.78 is 0. The summed E-state index contributed by atoms with van der Waals surface area (Å²) in [6.07, 6.45) is 4.75. The number of fused-ring (bicyclic) bond motifs is 2. The molecule has 0 amide bonds. The van der Waals surface area contributed by atoms with Crippen molar-refractivity contribution in [2.24, 2.45) is 0 Å². The normalized spacial score (nSPS) is 14.4. The number of pyridine rings is 1. The fourth-order valence-corrected chi connectivity index (χ4v) is 4.51. The Kier molecular flexibility index (Phi) is 4.38. The third-order valence-corrected chi connectivity index (χ3v) is 6.08. The van der Waals surface area contributed by atoms with E-state index in [-0.39, 0.29) is 5.56 Å². The lowest BCUT2D eigenvalue weighted by Gasteiger charge is -2.38. The SMILES string of the molecule is O=c1[nH]c2cccccc-2c1-c1nc2ccc(N3CCCN(c4ccncc4)C3)cc2[nH]1. The van der Waals surface area contributed by atoms with E-state index in [2.05, 4.69) is 49.0 Å². The van der Waals surface area contributed by atoms with Gasteiger partial charge in [0.1, 0.15) is 5.82 Å². The molecule has 1 aliphatic carbocycles. The Morgan fingerprint density at radius 2 is 1.66 bits per heavy atom. The number of nitrogens with one attached hydrogen (secondary N) is 2. The molecule has 158 valence electrons. The van der Waals surface area contributed by atoms with Crippen molar-refractivity contribution >= 4 is 22.4 Å². The van der Waals surface area contributed by atoms with Crippen molar-refractivity contribution in [1.29, 1.82) is 0 Å². The zero-order valence-corrected chi connectivity index (χ0v) is 17.5. The summed E-state index contributed by atoms with van der Waals surface area (Å²) in [5.74, 6) is 0.594. The van der Waals surface area contributed by atoms with Crippen LogP contribution in [0.2, 0.25) is 0 Å². The fraction of sp³-hybridized carbons (Fsp3) is 0.160. The maximum absolute atomic E-state index is 12.7. The highest BCUT2D eigenvalue weighted by Crippen LogP contribution is 2.31. The molecule has 1 fully saturated rings. The largest absolute Gasteiger partial charge is 0.354 e. The number of nitrogens with zero attached hydrogens (tertiary/aromatic N) is 4. The first kappa shape index (κ1) is 18.6. The molecule has 3 aliphatic rings. The zero-order chi connectivity index (χ0) is 21.5. The van der Waals surface area contributed by atoms with Crippen LogP contribution < -0.4 is 15.4 Å². The number of anilines is 2. The first-order valence-corrected chi connectivity index (χ1v) is 10.8. The van der Waals surface area contributed by atoms with Crippen LogP contribution in [0.5, 0.6) is 0 Å². The number of aromatic nitrogens is 4. The Balaban J connectivity index is 1.34. The van der Waals surface area contributed by atoms with Gasteiger partial charge in [0, 0.05) is 48.1 Å². The van der Waals surface area contributed by atoms with E-state index in [1.165, 1.54) is 5.69 Å². The van der Waals surface area contributed by atoms with Crippen LogP contribution in [-0.2, 0) is 0 Å². The van der Waals surface area contributed by atoms with Crippen molar-refractivity contribution < 1.29 is 0 Å². The Bertz CT molecular complexity index is 1420. The summed E-state index contributed by atoms with van der Waals surface area (Å²) in [4.78, 5) is 32.6. The van der Waals surface area contributed by atoms with Gasteiger partial charge in [-0.3, -0.25) is 9.78 Å². The van der Waals surface area contributed by atoms with Gasteiger partial charge in [-0.2, -0.15) is 0 Å². The van der Waals surface area contributed by atoms with Gasteiger partial charge >= 0.3 is 0 Å². The van der Waals surface area contributed by atoms with E-state index >= 15 is 0 Å². The summed E-state index contributed by atoms with van der Waals surface area (Å²) in [5.41, 5.74) is 6.21. The van der Waals surface area contributed by atoms with Crippen LogP contribution in [0.4, 0.5) is 11.4 Å². The highest BCUT2D eigenvalue weighted by Gasteiger charge is 2.21. The third-order valence-electron chi connectivity index (χ3n) is 6.08. The molecule has 1 aromatic carbocycles. The predicted octanol–water partition coefficient (Wildman–Crippen LogP) is 4.09. The molecule has 4 heterocycles. The molecular weight excluding hydrogens is 400 g/mol. The minimum atomic E-state index is -0.130. The van der Waals surface area contributed by atoms with E-state index in [0.29, 0.717) is 11.4 Å². The quantitative estimate of drug-likeness (QED) is 0.458. The van der Waals surface area contributed by atoms with E-state index < -0.39 is 0 Å². The third kappa shape index (κ3) is 3.19. The van der Waals surface area contributed by atoms with Crippen molar-refractivity contribution in [2.45, 2.75) is 6.42 Å². The van der Waals surface area contributed by atoms with Crippen molar-refractivity contribution in [3.8, 4) is 22.6 Å². The van der Waals surface area contributed by atoms with Crippen molar-refractivity contribution in [2.75, 3.05) is 29.6 Å². The molecule has 2 N–H and O–H groups in total. The number of imidazole rings is 1. The highest BCUT2D eigenvalue weighted by molar-refractivity contribution is 5.87. The second-order valence-electron chi connectivity index (χ2n) is 8.08. The van der Waals surface area contributed by atoms with E-state index in [1.54, 1.807) is 0 Å². The van der Waals surface area contributed by atoms with Gasteiger partial charge in [0.05, 0.1) is 23.3 Å². The van der Waals surface area contributed by atoms with Gasteiger partial charge in [-0.05, 0) is 42.8 Å². The van der Waals surface area contributed by atoms with E-state index in [4.69, 9.17) is 4.98 Å². The van der Waals surface area contributed by atoms with Crippen molar-refractivity contribution in [3.63, 3.8) is 0 Å². The van der Waals surface area contributed by atoms with Gasteiger partial charge in [0.15, 0.2) is 0 Å². The molecule has 2 aromatic heterocycles. The first-order valence-electron chi connectivity index (χ1n) is 10.8. The van der Waals surface area contributed by atoms with Gasteiger partial charge in [0.25, 0.3) is 5.56 Å². The van der Waals surface area contributed by atoms with Gasteiger partial charge in [-0.1, -0.05) is 24.3 Å². The molecule has 0 spiro atoms. The number of aromatic amines is 2. The minimum Gasteiger partial charge on any atom is -0.354 e. The molecule has 0 radical (unpaired) electrons. The van der Waals surface area contributed by atoms with Crippen LogP contribution in [0, 0.1) is 0 Å². The minimum absolute atomic E-state index is 0.130. The second kappa shape index (κ2) is 7.53. The lowest BCUT2D eigenvalue weighted by atomic mass is 10.1. The highest BCUT2D eigenvalue weighted by atomic mass is 16.1. The number of benzene rings is 1. The van der Waals surface area contributed by atoms with Gasteiger partial charge in [-0.15, -0.1) is 0 Å². The van der Waals surface area contributed by atoms with Crippen LogP contribution in [0.3, 0.4) is 0 Å². The van der Waals surface area contributed by atoms with Gasteiger partial charge in [0.2, 0.25) is 0 Å². The Labute approximate surface area is 184 Å². The van der Waals surface area contributed by atoms with Crippen LogP contribution in [0.15, 0.2) is 77.9 Å². The topological polar surface area (TPSA) is 80.9 Å². The molecule has 7 nitrogen and oxygen atoms in total. The molecular formula is C25H22N6O. The maximum atomic E-state index is 12.7. The lowest BCUT2D eigenvalue weighted by molar-refractivity contribution is 0.615. The Morgan fingerprint density at radius 1 is 0.844 bits per heavy atom. The Morgan fingerprint density at radius 3 is 2.53 bits per heavy atom. The lowest BCUT2D eigenvalue weighted by Crippen LogP contribution is -2.45. The smallest absolute Gasteiger partial charge is 0.260 e. The monoisotopic (exact) mass is 422 g/mol. The average molecular weight is 422 g/mol. The number of hydrogen-bond acceptors (Lipinski definition) is 5. The van der Waals surface area contributed by atoms with Gasteiger partial charge in [-0.25, -0.2) is 4.98 Å². The molecule has 3 aromatic rings. The van der Waals surface area contributed by atoms with Gasteiger partial charge < -0.3 is 19.8 Å². The molecule has 7 heteroatoms. The summed E-state index contributed by atoms with van der Waals surface area (Å²) in [6, 6.07) is 20.0. The molecule has 0 unspecified atom stereocenters. The zero-order valence-electron chi connectivity index (χ0n) is 17.5.